The molecule has 1 saturated carbocycles. The van der Waals surface area contributed by atoms with E-state index in [2.05, 4.69) is 74.3 Å². The van der Waals surface area contributed by atoms with Crippen LogP contribution in [0.15, 0.2) is 12.2 Å². The molecule has 0 aromatic carbocycles. The number of carbonyl (C=O) groups excluding carboxylic acids is 2. The van der Waals surface area contributed by atoms with Gasteiger partial charge >= 0.3 is 0 Å². The van der Waals surface area contributed by atoms with Crippen molar-refractivity contribution in [1.82, 2.24) is 0 Å². The predicted octanol–water partition coefficient (Wildman–Crippen LogP) is 5.52. The van der Waals surface area contributed by atoms with Crippen molar-refractivity contribution in [2.75, 3.05) is 6.61 Å². The molecule has 0 radical (unpaired) electrons. The Morgan fingerprint density at radius 2 is 1.52 bits per heavy atom. The van der Waals surface area contributed by atoms with E-state index in [-0.39, 0.29) is 22.5 Å². The van der Waals surface area contributed by atoms with Crippen LogP contribution >= 0.6 is 0 Å². The van der Waals surface area contributed by atoms with Gasteiger partial charge in [0.15, 0.2) is 28.0 Å². The predicted molar refractivity (Wildman–Crippen MR) is 130 cm³/mol. The number of Topliss-reactive ketones (excluding diaryl/α,β-unsaturated/α-hetero) is 1. The number of hydrogen-bond acceptors (Lipinski definition) is 5. The first-order valence-electron chi connectivity index (χ1n) is 11.3. The third kappa shape index (κ3) is 4.09. The summed E-state index contributed by atoms with van der Waals surface area (Å²) in [6.45, 7) is 29.8. The fraction of sp³-hybridized carbons (Fsp3) is 0.833. The first-order chi connectivity index (χ1) is 13.7. The maximum absolute atomic E-state index is 13.7. The zero-order valence-corrected chi connectivity index (χ0v) is 23.8. The van der Waals surface area contributed by atoms with Crippen molar-refractivity contribution in [3.8, 4) is 0 Å². The molecule has 0 amide bonds. The highest BCUT2D eigenvalue weighted by molar-refractivity contribution is 6.74. The highest BCUT2D eigenvalue weighted by atomic mass is 28.4. The van der Waals surface area contributed by atoms with E-state index in [1.807, 2.05) is 6.92 Å². The summed E-state index contributed by atoms with van der Waals surface area (Å²) in [4.78, 5) is 26.2. The lowest BCUT2D eigenvalue weighted by Crippen LogP contribution is -2.69. The Balaban J connectivity index is 2.72. The number of fused-ring (bicyclic) bond motifs is 2. The SMILES string of the molecule is C=C(C)[C@H]1[C@@H](O[Si](C)(C)C(C)(C)C)[C@H](O[Si](C)(C)C(C)(C)C)[C@@]2(C)OC[C@]1(C=O)C2=O. The Hall–Kier alpha value is -0.606. The van der Waals surface area contributed by atoms with Crippen LogP contribution in [0.2, 0.25) is 36.3 Å². The van der Waals surface area contributed by atoms with Crippen molar-refractivity contribution in [3.63, 3.8) is 0 Å². The van der Waals surface area contributed by atoms with E-state index >= 15 is 0 Å². The molecule has 31 heavy (non-hydrogen) atoms. The zero-order chi connectivity index (χ0) is 24.4. The summed E-state index contributed by atoms with van der Waals surface area (Å²) in [6.07, 6.45) is -0.278. The molecule has 0 N–H and O–H groups in total. The van der Waals surface area contributed by atoms with Gasteiger partial charge in [0.2, 0.25) is 0 Å². The third-order valence-corrected chi connectivity index (χ3v) is 17.3. The van der Waals surface area contributed by atoms with E-state index in [4.69, 9.17) is 13.6 Å². The van der Waals surface area contributed by atoms with Gasteiger partial charge in [-0.3, -0.25) is 4.79 Å². The van der Waals surface area contributed by atoms with Crippen LogP contribution in [-0.2, 0) is 23.2 Å². The number of carbonyl (C=O) groups is 2. The van der Waals surface area contributed by atoms with Gasteiger partial charge in [0.05, 0.1) is 12.7 Å². The number of ether oxygens (including phenoxy) is 1. The average Bonchev–Trinajstić information content (AvgIpc) is 2.77. The van der Waals surface area contributed by atoms with E-state index in [1.165, 1.54) is 0 Å². The molecule has 2 aliphatic rings. The molecule has 7 heteroatoms. The maximum atomic E-state index is 13.7. The Bertz CT molecular complexity index is 761. The molecule has 1 aliphatic carbocycles. The minimum atomic E-state index is -2.29. The zero-order valence-electron chi connectivity index (χ0n) is 21.8. The average molecular weight is 469 g/mol. The minimum Gasteiger partial charge on any atom is -0.411 e. The van der Waals surface area contributed by atoms with Gasteiger partial charge < -0.3 is 18.4 Å². The monoisotopic (exact) mass is 468 g/mol. The summed E-state index contributed by atoms with van der Waals surface area (Å²) < 4.78 is 20.1. The normalized spacial score (nSPS) is 34.7. The summed E-state index contributed by atoms with van der Waals surface area (Å²) in [5.41, 5.74) is -1.71. The lowest BCUT2D eigenvalue weighted by atomic mass is 9.59. The van der Waals surface area contributed by atoms with Crippen LogP contribution in [0.3, 0.4) is 0 Å². The van der Waals surface area contributed by atoms with Crippen LogP contribution in [0, 0.1) is 11.3 Å². The molecular formula is C24H44O5Si2. The molecule has 2 fully saturated rings. The Labute approximate surface area is 191 Å². The van der Waals surface area contributed by atoms with Crippen molar-refractivity contribution in [3.05, 3.63) is 12.2 Å². The molecule has 0 spiro atoms. The third-order valence-electron chi connectivity index (χ3n) is 8.42. The molecule has 2 rings (SSSR count). The molecule has 0 unspecified atom stereocenters. The van der Waals surface area contributed by atoms with E-state index in [0.717, 1.165) is 11.9 Å². The van der Waals surface area contributed by atoms with Crippen molar-refractivity contribution in [1.29, 1.82) is 0 Å². The molecule has 178 valence electrons. The fourth-order valence-electron chi connectivity index (χ4n) is 4.29. The summed E-state index contributed by atoms with van der Waals surface area (Å²) in [6, 6.07) is 0. The summed E-state index contributed by atoms with van der Waals surface area (Å²) in [7, 11) is -4.55. The van der Waals surface area contributed by atoms with Gasteiger partial charge in [-0.25, -0.2) is 0 Å². The summed E-state index contributed by atoms with van der Waals surface area (Å²) >= 11 is 0. The van der Waals surface area contributed by atoms with Gasteiger partial charge in [-0.1, -0.05) is 53.7 Å². The lowest BCUT2D eigenvalue weighted by Gasteiger charge is -2.54. The molecule has 1 saturated heterocycles. The van der Waals surface area contributed by atoms with Gasteiger partial charge in [0.25, 0.3) is 0 Å². The summed E-state index contributed by atoms with van der Waals surface area (Å²) in [5.74, 6) is -0.668. The number of ketones is 1. The van der Waals surface area contributed by atoms with Gasteiger partial charge in [0, 0.05) is 5.92 Å². The lowest BCUT2D eigenvalue weighted by molar-refractivity contribution is -0.166. The van der Waals surface area contributed by atoms with Gasteiger partial charge in [-0.15, -0.1) is 0 Å². The highest BCUT2D eigenvalue weighted by Crippen LogP contribution is 2.56. The fourth-order valence-corrected chi connectivity index (χ4v) is 6.93. The second-order valence-corrected chi connectivity index (χ2v) is 22.4. The van der Waals surface area contributed by atoms with Crippen LogP contribution in [0.5, 0.6) is 0 Å². The Kier molecular flexibility index (Phi) is 6.64. The van der Waals surface area contributed by atoms with E-state index < -0.39 is 45.8 Å². The number of aldehydes is 1. The van der Waals surface area contributed by atoms with Crippen molar-refractivity contribution < 1.29 is 23.2 Å². The molecule has 2 bridgehead atoms. The van der Waals surface area contributed by atoms with Crippen LogP contribution in [0.25, 0.3) is 0 Å². The van der Waals surface area contributed by atoms with Crippen LogP contribution in [0.4, 0.5) is 0 Å². The molecular weight excluding hydrogens is 424 g/mol. The number of rotatable bonds is 6. The molecule has 5 nitrogen and oxygen atoms in total. The Morgan fingerprint density at radius 1 is 1.06 bits per heavy atom. The smallest absolute Gasteiger partial charge is 0.192 e. The minimum absolute atomic E-state index is 0.0369. The topological polar surface area (TPSA) is 61.8 Å². The van der Waals surface area contributed by atoms with Gasteiger partial charge in [-0.2, -0.15) is 0 Å². The largest absolute Gasteiger partial charge is 0.411 e. The molecule has 0 aromatic heterocycles. The Morgan fingerprint density at radius 3 is 1.90 bits per heavy atom. The molecule has 5 atom stereocenters. The van der Waals surface area contributed by atoms with E-state index in [9.17, 15) is 9.59 Å². The first-order valence-corrected chi connectivity index (χ1v) is 17.2. The van der Waals surface area contributed by atoms with Gasteiger partial charge in [0.1, 0.15) is 17.8 Å². The van der Waals surface area contributed by atoms with Crippen molar-refractivity contribution in [2.24, 2.45) is 11.3 Å². The highest BCUT2D eigenvalue weighted by Gasteiger charge is 2.72. The standard InChI is InChI=1S/C24H44O5Si2/c1-16(2)17-18(28-30(10,11)21(3,4)5)19(29-31(12,13)22(6,7)8)23(9)20(26)24(17,14-25)15-27-23/h14,17-19H,1,15H2,2-13H3/t17-,18+,19-,23+,24-/m0/s1. The first kappa shape index (κ1) is 26.6. The molecule has 1 heterocycles. The maximum Gasteiger partial charge on any atom is 0.192 e. The molecule has 0 aromatic rings. The van der Waals surface area contributed by atoms with E-state index in [0.29, 0.717) is 0 Å². The van der Waals surface area contributed by atoms with Crippen LogP contribution < -0.4 is 0 Å². The van der Waals surface area contributed by atoms with Crippen LogP contribution in [-0.4, -0.2) is 53.1 Å². The van der Waals surface area contributed by atoms with Crippen molar-refractivity contribution >= 4 is 28.7 Å². The van der Waals surface area contributed by atoms with Gasteiger partial charge in [-0.05, 0) is 50.1 Å². The summed E-state index contributed by atoms with van der Waals surface area (Å²) in [5, 5.41) is -0.0881. The molecule has 1 aliphatic heterocycles. The second-order valence-electron chi connectivity index (χ2n) is 12.8. The second kappa shape index (κ2) is 7.72. The van der Waals surface area contributed by atoms with Crippen molar-refractivity contribution in [2.45, 2.75) is 109 Å². The van der Waals surface area contributed by atoms with E-state index in [1.54, 1.807) is 6.92 Å². The quantitative estimate of drug-likeness (QED) is 0.222. The van der Waals surface area contributed by atoms with Crippen LogP contribution in [0.1, 0.15) is 55.4 Å². The number of hydrogen-bond donors (Lipinski definition) is 0.